The van der Waals surface area contributed by atoms with E-state index in [1.54, 1.807) is 13.8 Å². The quantitative estimate of drug-likeness (QED) is 0.140. The zero-order chi connectivity index (χ0) is 39.8. The summed E-state index contributed by atoms with van der Waals surface area (Å²) in [6.07, 6.45) is -3.49. The van der Waals surface area contributed by atoms with Crippen molar-refractivity contribution < 1.29 is 44.0 Å². The SMILES string of the molecule is C[C@H](O)C1NC2OC2[C@H](C)NC(=O)[C@H](CC(C)(O)CN)NC(=O)[C@@H]2Cc3c([nH]c4ccccc34)SC[C@@H](NC1=O)C(=O)N1CCC[C@H]1C(=O)N[C@@H](C)C(O)N2. The van der Waals surface area contributed by atoms with Crippen LogP contribution in [0.4, 0.5) is 0 Å². The summed E-state index contributed by atoms with van der Waals surface area (Å²) >= 11 is 1.24. The van der Waals surface area contributed by atoms with Gasteiger partial charge in [0.05, 0.1) is 34.9 Å². The predicted molar refractivity (Wildman–Crippen MR) is 201 cm³/mol. The molecule has 5 amide bonds. The summed E-state index contributed by atoms with van der Waals surface area (Å²) in [7, 11) is 0. The van der Waals surface area contributed by atoms with E-state index in [4.69, 9.17) is 10.5 Å². The molecule has 0 radical (unpaired) electrons. The number of epoxide rings is 1. The number of hydrogen-bond donors (Lipinski definition) is 11. The Balaban J connectivity index is 1.47. The highest BCUT2D eigenvalue weighted by molar-refractivity contribution is 7.99. The second kappa shape index (κ2) is 16.7. The van der Waals surface area contributed by atoms with Crippen LogP contribution in [0.5, 0.6) is 0 Å². The largest absolute Gasteiger partial charge is 0.391 e. The molecule has 4 aliphatic heterocycles. The molecule has 302 valence electrons. The standard InChI is InChI=1S/C36H53N9O9S/c1-16-27-33(54-27)44-26(18(3)46)32(51)42-24-14-55-34-20(19-8-5-6-9-21(19)43-34)12-22(29(48)41-23(30(49)38-16)13-36(4,53)15-37)40-28(47)17(2)39-31(50)25-10-7-11-45(25)35(24)52/h5-6,8-9,16-18,22-28,33,40,43-44,46-47,53H,7,10-15,37H2,1-4H3,(H,38,49)(H,39,50)(H,41,48)(H,42,51)/t16-,17-,18-,22-,23-,24+,25-,26?,27?,28?,33?,36?/m0/s1. The van der Waals surface area contributed by atoms with Gasteiger partial charge in [0.1, 0.15) is 42.7 Å². The van der Waals surface area contributed by atoms with E-state index in [0.29, 0.717) is 23.4 Å². The maximum Gasteiger partial charge on any atom is 0.246 e. The summed E-state index contributed by atoms with van der Waals surface area (Å²) in [5.74, 6) is -2.97. The van der Waals surface area contributed by atoms with Crippen LogP contribution in [0.1, 0.15) is 52.5 Å². The molecular weight excluding hydrogens is 735 g/mol. The van der Waals surface area contributed by atoms with E-state index < -0.39 is 102 Å². The Bertz CT molecular complexity index is 1770. The fourth-order valence-electron chi connectivity index (χ4n) is 7.45. The highest BCUT2D eigenvalue weighted by Gasteiger charge is 2.48. The molecule has 12 atom stereocenters. The lowest BCUT2D eigenvalue weighted by Crippen LogP contribution is -2.62. The summed E-state index contributed by atoms with van der Waals surface area (Å²) in [5.41, 5.74) is 5.67. The van der Waals surface area contributed by atoms with Crippen LogP contribution in [-0.2, 0) is 35.1 Å². The zero-order valence-corrected chi connectivity index (χ0v) is 32.2. The van der Waals surface area contributed by atoms with E-state index in [1.807, 2.05) is 24.3 Å². The number of H-pyrrole nitrogens is 1. The number of fused-ring (bicyclic) bond motifs is 6. The highest BCUT2D eigenvalue weighted by Crippen LogP contribution is 2.33. The summed E-state index contributed by atoms with van der Waals surface area (Å²) in [5, 5.41) is 51.7. The molecule has 2 bridgehead atoms. The average Bonchev–Trinajstić information content (AvgIpc) is 3.58. The van der Waals surface area contributed by atoms with E-state index in [9.17, 15) is 39.3 Å². The minimum Gasteiger partial charge on any atom is -0.391 e. The minimum atomic E-state index is -1.55. The Morgan fingerprint density at radius 3 is 2.44 bits per heavy atom. The van der Waals surface area contributed by atoms with E-state index in [0.717, 1.165) is 10.9 Å². The number of ether oxygens (including phenoxy) is 1. The van der Waals surface area contributed by atoms with Crippen molar-refractivity contribution in [1.29, 1.82) is 0 Å². The molecule has 55 heavy (non-hydrogen) atoms. The van der Waals surface area contributed by atoms with Gasteiger partial charge in [0.25, 0.3) is 0 Å². The summed E-state index contributed by atoms with van der Waals surface area (Å²) < 4.78 is 5.77. The van der Waals surface area contributed by atoms with Gasteiger partial charge in [0.2, 0.25) is 29.5 Å². The fraction of sp³-hybridized carbons (Fsp3) is 0.639. The first-order chi connectivity index (χ1) is 26.1. The van der Waals surface area contributed by atoms with Crippen molar-refractivity contribution in [3.05, 3.63) is 29.8 Å². The fourth-order valence-corrected chi connectivity index (χ4v) is 8.56. The monoisotopic (exact) mass is 787 g/mol. The number of aliphatic hydroxyl groups excluding tert-OH is 2. The van der Waals surface area contributed by atoms with Crippen molar-refractivity contribution in [1.82, 2.24) is 41.8 Å². The van der Waals surface area contributed by atoms with Gasteiger partial charge in [-0.15, -0.1) is 11.8 Å². The molecule has 6 rings (SSSR count). The van der Waals surface area contributed by atoms with Gasteiger partial charge < -0.3 is 56.9 Å². The molecule has 2 saturated heterocycles. The predicted octanol–water partition coefficient (Wildman–Crippen LogP) is -2.76. The van der Waals surface area contributed by atoms with Crippen LogP contribution in [0.15, 0.2) is 29.3 Å². The molecule has 19 heteroatoms. The van der Waals surface area contributed by atoms with Gasteiger partial charge in [0, 0.05) is 42.6 Å². The number of aromatic nitrogens is 1. The van der Waals surface area contributed by atoms with Gasteiger partial charge in [-0.05, 0) is 52.2 Å². The number of aliphatic hydroxyl groups is 3. The third-order valence-corrected chi connectivity index (χ3v) is 11.9. The highest BCUT2D eigenvalue weighted by atomic mass is 32.2. The normalized spacial score (nSPS) is 34.5. The van der Waals surface area contributed by atoms with Crippen LogP contribution in [0.3, 0.4) is 0 Å². The molecule has 2 fully saturated rings. The van der Waals surface area contributed by atoms with Gasteiger partial charge in [-0.1, -0.05) is 18.2 Å². The van der Waals surface area contributed by atoms with E-state index in [2.05, 4.69) is 36.9 Å². The maximum absolute atomic E-state index is 14.4. The molecule has 1 aromatic heterocycles. The number of benzene rings is 1. The number of hydrogen-bond acceptors (Lipinski definition) is 13. The average molecular weight is 788 g/mol. The minimum absolute atomic E-state index is 0.0132. The van der Waals surface area contributed by atoms with E-state index in [1.165, 1.54) is 30.5 Å². The third kappa shape index (κ3) is 9.26. The Morgan fingerprint density at radius 2 is 1.71 bits per heavy atom. The van der Waals surface area contributed by atoms with E-state index in [-0.39, 0.29) is 31.7 Å². The van der Waals surface area contributed by atoms with Crippen LogP contribution in [0, 0.1) is 0 Å². The third-order valence-electron chi connectivity index (χ3n) is 10.8. The lowest BCUT2D eigenvalue weighted by Gasteiger charge is -2.32. The lowest BCUT2D eigenvalue weighted by atomic mass is 9.95. The number of para-hydroxylation sites is 1. The van der Waals surface area contributed by atoms with Crippen molar-refractivity contribution in [2.75, 3.05) is 18.8 Å². The van der Waals surface area contributed by atoms with E-state index >= 15 is 0 Å². The Kier molecular flexibility index (Phi) is 12.4. The first kappa shape index (κ1) is 40.8. The summed E-state index contributed by atoms with van der Waals surface area (Å²) in [4.78, 5) is 75.1. The first-order valence-electron chi connectivity index (χ1n) is 18.8. The Morgan fingerprint density at radius 1 is 0.982 bits per heavy atom. The number of aromatic amines is 1. The Labute approximate surface area is 322 Å². The molecule has 4 aliphatic rings. The molecule has 5 unspecified atom stereocenters. The maximum atomic E-state index is 14.4. The van der Waals surface area contributed by atoms with Gasteiger partial charge in [-0.25, -0.2) is 0 Å². The molecule has 5 heterocycles. The van der Waals surface area contributed by atoms with Gasteiger partial charge in [-0.3, -0.25) is 34.6 Å². The van der Waals surface area contributed by atoms with Crippen LogP contribution in [-0.4, -0.2) is 146 Å². The van der Waals surface area contributed by atoms with Crippen molar-refractivity contribution >= 4 is 52.2 Å². The number of amides is 5. The van der Waals surface area contributed by atoms with Crippen LogP contribution >= 0.6 is 11.8 Å². The van der Waals surface area contributed by atoms with Crippen LogP contribution in [0.25, 0.3) is 10.9 Å². The number of rotatable bonds is 4. The molecule has 0 spiro atoms. The van der Waals surface area contributed by atoms with Crippen molar-refractivity contribution in [2.45, 2.75) is 131 Å². The molecule has 0 aliphatic carbocycles. The second-order valence-electron chi connectivity index (χ2n) is 15.4. The Hall–Kier alpha value is -3.82. The number of thioether (sulfide) groups is 1. The first-order valence-corrected chi connectivity index (χ1v) is 19.8. The van der Waals surface area contributed by atoms with Gasteiger partial charge in [0.15, 0.2) is 0 Å². The molecular formula is C36H53N9O9S. The molecule has 2 aromatic rings. The van der Waals surface area contributed by atoms with Crippen LogP contribution in [0.2, 0.25) is 0 Å². The number of nitrogens with two attached hydrogens (primary N) is 1. The second-order valence-corrected chi connectivity index (χ2v) is 16.4. The molecule has 0 saturated carbocycles. The molecule has 1 aromatic carbocycles. The zero-order valence-electron chi connectivity index (χ0n) is 31.3. The van der Waals surface area contributed by atoms with Crippen molar-refractivity contribution in [2.24, 2.45) is 5.73 Å². The number of carbonyl (C=O) groups excluding carboxylic acids is 5. The lowest BCUT2D eigenvalue weighted by molar-refractivity contribution is -0.142. The number of nitrogens with zero attached hydrogens (tertiary/aromatic N) is 1. The molecule has 12 N–H and O–H groups in total. The summed E-state index contributed by atoms with van der Waals surface area (Å²) in [6.45, 7) is 6.17. The van der Waals surface area contributed by atoms with Crippen molar-refractivity contribution in [3.8, 4) is 0 Å². The smallest absolute Gasteiger partial charge is 0.246 e. The van der Waals surface area contributed by atoms with Gasteiger partial charge >= 0.3 is 0 Å². The van der Waals surface area contributed by atoms with Gasteiger partial charge in [-0.2, -0.15) is 0 Å². The van der Waals surface area contributed by atoms with Crippen molar-refractivity contribution in [3.63, 3.8) is 0 Å². The topological polar surface area (TPSA) is 276 Å². The number of carbonyl (C=O) groups is 5. The summed E-state index contributed by atoms with van der Waals surface area (Å²) in [6, 6.07) is 0.0533. The van der Waals surface area contributed by atoms with Crippen LogP contribution < -0.4 is 37.6 Å². The number of nitrogens with one attached hydrogen (secondary N) is 7. The molecule has 18 nitrogen and oxygen atoms in total.